The average Bonchev–Trinajstić information content (AvgIpc) is 2.66. The maximum atomic E-state index is 11.2. The van der Waals surface area contributed by atoms with E-state index < -0.39 is 10.0 Å². The van der Waals surface area contributed by atoms with Gasteiger partial charge in [-0.1, -0.05) is 13.3 Å². The van der Waals surface area contributed by atoms with Crippen LogP contribution in [0.3, 0.4) is 0 Å². The Balaban J connectivity index is 0.00000180. The highest BCUT2D eigenvalue weighted by Crippen LogP contribution is 2.21. The van der Waals surface area contributed by atoms with E-state index in [4.69, 9.17) is 0 Å². The summed E-state index contributed by atoms with van der Waals surface area (Å²) < 4.78 is 24.8. The number of halogens is 1. The highest BCUT2D eigenvalue weighted by Gasteiger charge is 2.05. The number of anilines is 1. The van der Waals surface area contributed by atoms with Gasteiger partial charge >= 0.3 is 0 Å². The standard InChI is InChI=1S/C13H18N2O2S.ClH/c1-3-4-5-11-8-10-9-12(15-18(2,16)17)6-7-13(10)14-11;/h6-9,14-15H,3-5H2,1-2H3;1H. The first-order chi connectivity index (χ1) is 8.48. The molecule has 0 spiro atoms. The molecule has 0 aliphatic heterocycles. The van der Waals surface area contributed by atoms with Crippen molar-refractivity contribution >= 4 is 39.0 Å². The van der Waals surface area contributed by atoms with Crippen molar-refractivity contribution in [3.05, 3.63) is 30.0 Å². The summed E-state index contributed by atoms with van der Waals surface area (Å²) in [5, 5.41) is 1.04. The van der Waals surface area contributed by atoms with Crippen molar-refractivity contribution in [2.45, 2.75) is 26.2 Å². The number of fused-ring (bicyclic) bond motifs is 1. The van der Waals surface area contributed by atoms with E-state index >= 15 is 0 Å². The highest BCUT2D eigenvalue weighted by molar-refractivity contribution is 7.92. The fraction of sp³-hybridized carbons (Fsp3) is 0.385. The third-order valence-corrected chi connectivity index (χ3v) is 3.39. The van der Waals surface area contributed by atoms with Crippen LogP contribution in [-0.2, 0) is 16.4 Å². The molecule has 0 amide bonds. The minimum absolute atomic E-state index is 0. The number of rotatable bonds is 5. The maximum Gasteiger partial charge on any atom is 0.229 e. The lowest BCUT2D eigenvalue weighted by Gasteiger charge is -2.02. The van der Waals surface area contributed by atoms with Crippen LogP contribution in [0, 0.1) is 0 Å². The molecule has 2 rings (SSSR count). The molecule has 1 aromatic heterocycles. The minimum Gasteiger partial charge on any atom is -0.358 e. The van der Waals surface area contributed by atoms with Crippen LogP contribution < -0.4 is 4.72 Å². The predicted octanol–water partition coefficient (Wildman–Crippen LogP) is 3.30. The van der Waals surface area contributed by atoms with E-state index in [1.54, 1.807) is 6.07 Å². The van der Waals surface area contributed by atoms with Crippen LogP contribution in [-0.4, -0.2) is 19.7 Å². The Morgan fingerprint density at radius 1 is 1.26 bits per heavy atom. The predicted molar refractivity (Wildman–Crippen MR) is 82.6 cm³/mol. The molecule has 0 bridgehead atoms. The van der Waals surface area contributed by atoms with Gasteiger partial charge in [0, 0.05) is 22.3 Å². The van der Waals surface area contributed by atoms with Crippen LogP contribution in [0.1, 0.15) is 25.5 Å². The van der Waals surface area contributed by atoms with E-state index in [0.29, 0.717) is 5.69 Å². The molecule has 4 nitrogen and oxygen atoms in total. The van der Waals surface area contributed by atoms with Crippen molar-refractivity contribution in [1.29, 1.82) is 0 Å². The molecule has 6 heteroatoms. The van der Waals surface area contributed by atoms with Gasteiger partial charge in [-0.05, 0) is 37.1 Å². The van der Waals surface area contributed by atoms with Gasteiger partial charge in [0.05, 0.1) is 6.26 Å². The normalized spacial score (nSPS) is 11.3. The lowest BCUT2D eigenvalue weighted by Crippen LogP contribution is -2.09. The van der Waals surface area contributed by atoms with Crippen LogP contribution in [0.25, 0.3) is 10.9 Å². The Morgan fingerprint density at radius 2 is 2.00 bits per heavy atom. The molecule has 0 unspecified atom stereocenters. The van der Waals surface area contributed by atoms with Gasteiger partial charge in [0.25, 0.3) is 0 Å². The molecule has 0 atom stereocenters. The number of benzene rings is 1. The van der Waals surface area contributed by atoms with Crippen LogP contribution in [0.2, 0.25) is 0 Å². The van der Waals surface area contributed by atoms with E-state index in [1.807, 2.05) is 12.1 Å². The SMILES string of the molecule is CCCCc1cc2cc(NS(C)(=O)=O)ccc2[nH]1.Cl. The smallest absolute Gasteiger partial charge is 0.229 e. The van der Waals surface area contributed by atoms with Gasteiger partial charge in [0.15, 0.2) is 0 Å². The number of aromatic amines is 1. The number of sulfonamides is 1. The van der Waals surface area contributed by atoms with E-state index in [2.05, 4.69) is 22.7 Å². The van der Waals surface area contributed by atoms with E-state index in [9.17, 15) is 8.42 Å². The number of H-pyrrole nitrogens is 1. The summed E-state index contributed by atoms with van der Waals surface area (Å²) in [4.78, 5) is 3.34. The van der Waals surface area contributed by atoms with Gasteiger partial charge < -0.3 is 4.98 Å². The molecule has 0 radical (unpaired) electrons. The van der Waals surface area contributed by atoms with E-state index in [-0.39, 0.29) is 12.4 Å². The summed E-state index contributed by atoms with van der Waals surface area (Å²) in [6.45, 7) is 2.16. The summed E-state index contributed by atoms with van der Waals surface area (Å²) in [7, 11) is -3.21. The van der Waals surface area contributed by atoms with E-state index in [1.165, 1.54) is 5.69 Å². The molecule has 0 saturated heterocycles. The zero-order valence-electron chi connectivity index (χ0n) is 11.1. The molecule has 0 fully saturated rings. The number of nitrogens with one attached hydrogen (secondary N) is 2. The Morgan fingerprint density at radius 3 is 2.63 bits per heavy atom. The van der Waals surface area contributed by atoms with Crippen molar-refractivity contribution in [1.82, 2.24) is 4.98 Å². The second-order valence-electron chi connectivity index (χ2n) is 4.57. The van der Waals surface area contributed by atoms with Gasteiger partial charge in [-0.3, -0.25) is 4.72 Å². The Kier molecular flexibility index (Phi) is 5.26. The van der Waals surface area contributed by atoms with Crippen molar-refractivity contribution in [3.8, 4) is 0 Å². The second-order valence-corrected chi connectivity index (χ2v) is 6.32. The molecular weight excluding hydrogens is 284 g/mol. The fourth-order valence-electron chi connectivity index (χ4n) is 1.97. The van der Waals surface area contributed by atoms with E-state index in [0.717, 1.165) is 36.4 Å². The number of hydrogen-bond donors (Lipinski definition) is 2. The van der Waals surface area contributed by atoms with Crippen molar-refractivity contribution in [2.24, 2.45) is 0 Å². The Bertz CT molecular complexity index is 650. The molecule has 1 heterocycles. The Hall–Kier alpha value is -1.20. The zero-order chi connectivity index (χ0) is 13.2. The fourth-order valence-corrected chi connectivity index (χ4v) is 2.53. The van der Waals surface area contributed by atoms with Gasteiger partial charge in [-0.2, -0.15) is 0 Å². The number of aromatic nitrogens is 1. The topological polar surface area (TPSA) is 62.0 Å². The minimum atomic E-state index is -3.21. The van der Waals surface area contributed by atoms with Gasteiger partial charge in [0.1, 0.15) is 0 Å². The van der Waals surface area contributed by atoms with Gasteiger partial charge in [-0.15, -0.1) is 12.4 Å². The van der Waals surface area contributed by atoms with Crippen LogP contribution in [0.15, 0.2) is 24.3 Å². The summed E-state index contributed by atoms with van der Waals surface area (Å²) in [6, 6.07) is 7.60. The highest BCUT2D eigenvalue weighted by atomic mass is 35.5. The second kappa shape index (κ2) is 6.30. The molecule has 2 N–H and O–H groups in total. The first-order valence-electron chi connectivity index (χ1n) is 6.07. The number of hydrogen-bond acceptors (Lipinski definition) is 2. The van der Waals surface area contributed by atoms with Crippen molar-refractivity contribution in [2.75, 3.05) is 11.0 Å². The number of aryl methyl sites for hydroxylation is 1. The first-order valence-corrected chi connectivity index (χ1v) is 7.96. The lowest BCUT2D eigenvalue weighted by molar-refractivity contribution is 0.607. The molecule has 19 heavy (non-hydrogen) atoms. The van der Waals surface area contributed by atoms with Crippen LogP contribution >= 0.6 is 12.4 Å². The largest absolute Gasteiger partial charge is 0.358 e. The molecule has 0 saturated carbocycles. The summed E-state index contributed by atoms with van der Waals surface area (Å²) in [5.74, 6) is 0. The summed E-state index contributed by atoms with van der Waals surface area (Å²) in [5.41, 5.74) is 2.84. The molecule has 0 aliphatic rings. The third-order valence-electron chi connectivity index (χ3n) is 2.78. The molecule has 106 valence electrons. The molecular formula is C13H19ClN2O2S. The number of unbranched alkanes of at least 4 members (excludes halogenated alkanes) is 1. The third kappa shape index (κ3) is 4.44. The molecule has 1 aromatic carbocycles. The molecule has 0 aliphatic carbocycles. The monoisotopic (exact) mass is 302 g/mol. The zero-order valence-corrected chi connectivity index (χ0v) is 12.7. The van der Waals surface area contributed by atoms with Crippen molar-refractivity contribution in [3.63, 3.8) is 0 Å². The quantitative estimate of drug-likeness (QED) is 0.890. The lowest BCUT2D eigenvalue weighted by atomic mass is 10.2. The first kappa shape index (κ1) is 15.9. The van der Waals surface area contributed by atoms with Crippen LogP contribution in [0.4, 0.5) is 5.69 Å². The average molecular weight is 303 g/mol. The summed E-state index contributed by atoms with van der Waals surface area (Å²) >= 11 is 0. The molecule has 2 aromatic rings. The van der Waals surface area contributed by atoms with Crippen molar-refractivity contribution < 1.29 is 8.42 Å². The Labute approximate surface area is 120 Å². The van der Waals surface area contributed by atoms with Gasteiger partial charge in [0.2, 0.25) is 10.0 Å². The van der Waals surface area contributed by atoms with Gasteiger partial charge in [-0.25, -0.2) is 8.42 Å². The summed E-state index contributed by atoms with van der Waals surface area (Å²) in [6.07, 6.45) is 4.50. The maximum absolute atomic E-state index is 11.2. The van der Waals surface area contributed by atoms with Crippen LogP contribution in [0.5, 0.6) is 0 Å².